The van der Waals surface area contributed by atoms with E-state index in [9.17, 15) is 4.79 Å². The third-order valence-corrected chi connectivity index (χ3v) is 4.86. The number of hydrogen-bond donors (Lipinski definition) is 3. The summed E-state index contributed by atoms with van der Waals surface area (Å²) in [7, 11) is 0. The Hall–Kier alpha value is -1.26. The van der Waals surface area contributed by atoms with Gasteiger partial charge in [0.2, 0.25) is 5.91 Å². The first-order chi connectivity index (χ1) is 9.02. The van der Waals surface area contributed by atoms with Gasteiger partial charge in [-0.25, -0.2) is 0 Å². The average molecular weight is 267 g/mol. The van der Waals surface area contributed by atoms with Crippen molar-refractivity contribution < 1.29 is 10.0 Å². The Balaban J connectivity index is 2.12. The second-order valence-electron chi connectivity index (χ2n) is 6.35. The van der Waals surface area contributed by atoms with E-state index in [2.05, 4.69) is 17.4 Å². The molecule has 5 nitrogen and oxygen atoms in total. The van der Waals surface area contributed by atoms with E-state index in [0.717, 1.165) is 38.5 Å². The topological polar surface area (TPSA) is 87.7 Å². The van der Waals surface area contributed by atoms with Crippen molar-refractivity contribution in [3.8, 4) is 0 Å². The third kappa shape index (κ3) is 2.69. The van der Waals surface area contributed by atoms with Crippen LogP contribution < -0.4 is 11.1 Å². The Bertz CT molecular complexity index is 367. The zero-order valence-electron chi connectivity index (χ0n) is 11.7. The number of rotatable bonds is 3. The van der Waals surface area contributed by atoms with Gasteiger partial charge in [-0.1, -0.05) is 37.3 Å². The van der Waals surface area contributed by atoms with Gasteiger partial charge in [-0.15, -0.1) is 0 Å². The molecule has 108 valence electrons. The molecule has 2 rings (SSSR count). The van der Waals surface area contributed by atoms with Crippen LogP contribution in [0.3, 0.4) is 0 Å². The minimum Gasteiger partial charge on any atom is -0.409 e. The summed E-state index contributed by atoms with van der Waals surface area (Å²) in [5, 5.41) is 15.3. The monoisotopic (exact) mass is 267 g/mol. The number of amides is 1. The largest absolute Gasteiger partial charge is 0.409 e. The summed E-state index contributed by atoms with van der Waals surface area (Å²) >= 11 is 0. The van der Waals surface area contributed by atoms with Gasteiger partial charge in [0.1, 0.15) is 5.41 Å². The molecule has 0 spiro atoms. The number of amidine groups is 1. The molecule has 0 unspecified atom stereocenters. The molecule has 1 amide bonds. The fourth-order valence-electron chi connectivity index (χ4n) is 3.52. The van der Waals surface area contributed by atoms with Gasteiger partial charge in [0.05, 0.1) is 0 Å². The molecule has 19 heavy (non-hydrogen) atoms. The first-order valence-corrected chi connectivity index (χ1v) is 7.33. The summed E-state index contributed by atoms with van der Waals surface area (Å²) in [6.45, 7) is 2.11. The van der Waals surface area contributed by atoms with Crippen LogP contribution in [0.4, 0.5) is 0 Å². The van der Waals surface area contributed by atoms with Gasteiger partial charge >= 0.3 is 0 Å². The van der Waals surface area contributed by atoms with Crippen LogP contribution in [0.2, 0.25) is 0 Å². The molecular weight excluding hydrogens is 242 g/mol. The zero-order valence-corrected chi connectivity index (χ0v) is 11.7. The first kappa shape index (κ1) is 14.2. The highest BCUT2D eigenvalue weighted by atomic mass is 16.4. The first-order valence-electron chi connectivity index (χ1n) is 7.33. The van der Waals surface area contributed by atoms with E-state index in [-0.39, 0.29) is 17.3 Å². The standard InChI is InChI=1S/C14H25N3O2/c1-13(7-3-2-4-8-13)16-12(18)14(11(15)17-19)9-5-6-10-14/h19H,2-10H2,1H3,(H2,15,17)(H,16,18). The maximum absolute atomic E-state index is 12.7. The molecule has 2 fully saturated rings. The van der Waals surface area contributed by atoms with E-state index in [1.54, 1.807) is 0 Å². The van der Waals surface area contributed by atoms with Crippen molar-refractivity contribution in [2.45, 2.75) is 70.3 Å². The summed E-state index contributed by atoms with van der Waals surface area (Å²) in [6, 6.07) is 0. The van der Waals surface area contributed by atoms with Crippen LogP contribution in [0.5, 0.6) is 0 Å². The van der Waals surface area contributed by atoms with Crippen molar-refractivity contribution in [2.75, 3.05) is 0 Å². The van der Waals surface area contributed by atoms with E-state index in [1.807, 2.05) is 0 Å². The summed E-state index contributed by atoms with van der Waals surface area (Å²) in [6.07, 6.45) is 8.89. The summed E-state index contributed by atoms with van der Waals surface area (Å²) in [4.78, 5) is 12.7. The van der Waals surface area contributed by atoms with Crippen molar-refractivity contribution in [1.29, 1.82) is 0 Å². The van der Waals surface area contributed by atoms with Gasteiger partial charge in [-0.05, 0) is 32.6 Å². The molecule has 2 aliphatic carbocycles. The Morgan fingerprint density at radius 1 is 1.11 bits per heavy atom. The highest BCUT2D eigenvalue weighted by Gasteiger charge is 2.47. The lowest BCUT2D eigenvalue weighted by Gasteiger charge is -2.38. The molecule has 0 aromatic heterocycles. The lowest BCUT2D eigenvalue weighted by atomic mass is 9.79. The predicted molar refractivity (Wildman–Crippen MR) is 73.9 cm³/mol. The Morgan fingerprint density at radius 3 is 2.16 bits per heavy atom. The van der Waals surface area contributed by atoms with E-state index < -0.39 is 5.41 Å². The van der Waals surface area contributed by atoms with E-state index in [0.29, 0.717) is 12.8 Å². The van der Waals surface area contributed by atoms with Crippen molar-refractivity contribution >= 4 is 11.7 Å². The number of nitrogens with zero attached hydrogens (tertiary/aromatic N) is 1. The van der Waals surface area contributed by atoms with E-state index in [1.165, 1.54) is 6.42 Å². The number of carbonyl (C=O) groups excluding carboxylic acids is 1. The molecule has 0 radical (unpaired) electrons. The van der Waals surface area contributed by atoms with Crippen molar-refractivity contribution in [2.24, 2.45) is 16.3 Å². The third-order valence-electron chi connectivity index (χ3n) is 4.86. The van der Waals surface area contributed by atoms with Gasteiger partial charge in [-0.2, -0.15) is 0 Å². The van der Waals surface area contributed by atoms with Gasteiger partial charge in [0, 0.05) is 5.54 Å². The van der Waals surface area contributed by atoms with Crippen LogP contribution in [0, 0.1) is 5.41 Å². The molecular formula is C14H25N3O2. The average Bonchev–Trinajstić information content (AvgIpc) is 2.88. The molecule has 4 N–H and O–H groups in total. The zero-order chi connectivity index (χ0) is 13.9. The molecule has 0 aromatic carbocycles. The van der Waals surface area contributed by atoms with Gasteiger partial charge in [0.15, 0.2) is 5.84 Å². The van der Waals surface area contributed by atoms with Crippen LogP contribution in [0.25, 0.3) is 0 Å². The molecule has 2 aliphatic rings. The number of carbonyl (C=O) groups is 1. The molecule has 0 bridgehead atoms. The van der Waals surface area contributed by atoms with Crippen LogP contribution in [-0.2, 0) is 4.79 Å². The second kappa shape index (κ2) is 5.39. The van der Waals surface area contributed by atoms with Crippen molar-refractivity contribution in [1.82, 2.24) is 5.32 Å². The molecule has 0 aliphatic heterocycles. The minimum atomic E-state index is -0.783. The number of nitrogens with one attached hydrogen (secondary N) is 1. The normalized spacial score (nSPS) is 26.1. The van der Waals surface area contributed by atoms with Gasteiger partial charge in [0.25, 0.3) is 0 Å². The fraction of sp³-hybridized carbons (Fsp3) is 0.857. The van der Waals surface area contributed by atoms with E-state index >= 15 is 0 Å². The molecule has 5 heteroatoms. The molecule has 2 saturated carbocycles. The molecule has 0 atom stereocenters. The van der Waals surface area contributed by atoms with Crippen molar-refractivity contribution in [3.05, 3.63) is 0 Å². The number of oxime groups is 1. The molecule has 0 heterocycles. The van der Waals surface area contributed by atoms with Crippen LogP contribution in [-0.4, -0.2) is 22.5 Å². The van der Waals surface area contributed by atoms with Crippen LogP contribution in [0.1, 0.15) is 64.7 Å². The minimum absolute atomic E-state index is 0.0512. The smallest absolute Gasteiger partial charge is 0.234 e. The second-order valence-corrected chi connectivity index (χ2v) is 6.35. The van der Waals surface area contributed by atoms with E-state index in [4.69, 9.17) is 10.9 Å². The van der Waals surface area contributed by atoms with Crippen molar-refractivity contribution in [3.63, 3.8) is 0 Å². The SMILES string of the molecule is CC1(NC(=O)C2(C(N)=NO)CCCC2)CCCCC1. The number of hydrogen-bond acceptors (Lipinski definition) is 3. The van der Waals surface area contributed by atoms with Gasteiger partial charge < -0.3 is 16.3 Å². The highest BCUT2D eigenvalue weighted by Crippen LogP contribution is 2.40. The Kier molecular flexibility index (Phi) is 4.02. The lowest BCUT2D eigenvalue weighted by molar-refractivity contribution is -0.129. The Labute approximate surface area is 114 Å². The van der Waals surface area contributed by atoms with Crippen LogP contribution in [0.15, 0.2) is 5.16 Å². The molecule has 0 saturated heterocycles. The van der Waals surface area contributed by atoms with Crippen LogP contribution >= 0.6 is 0 Å². The maximum atomic E-state index is 12.7. The Morgan fingerprint density at radius 2 is 1.63 bits per heavy atom. The maximum Gasteiger partial charge on any atom is 0.234 e. The fourth-order valence-corrected chi connectivity index (χ4v) is 3.52. The highest BCUT2D eigenvalue weighted by molar-refractivity contribution is 6.07. The summed E-state index contributed by atoms with van der Waals surface area (Å²) < 4.78 is 0. The van der Waals surface area contributed by atoms with Gasteiger partial charge in [-0.3, -0.25) is 4.79 Å². The predicted octanol–water partition coefficient (Wildman–Crippen LogP) is 2.13. The quantitative estimate of drug-likeness (QED) is 0.317. The molecule has 0 aromatic rings. The summed E-state index contributed by atoms with van der Waals surface area (Å²) in [5.41, 5.74) is 4.89. The summed E-state index contributed by atoms with van der Waals surface area (Å²) in [5.74, 6) is 0.0200. The lowest BCUT2D eigenvalue weighted by Crippen LogP contribution is -2.56. The number of nitrogens with two attached hydrogens (primary N) is 1.